The lowest BCUT2D eigenvalue weighted by Crippen LogP contribution is -2.38. The Kier molecular flexibility index (Phi) is 5.73. The van der Waals surface area contributed by atoms with Gasteiger partial charge in [0.1, 0.15) is 11.6 Å². The second-order valence-electron chi connectivity index (χ2n) is 4.86. The van der Waals surface area contributed by atoms with Gasteiger partial charge in [-0.25, -0.2) is 4.39 Å². The van der Waals surface area contributed by atoms with E-state index in [-0.39, 0.29) is 11.9 Å². The van der Waals surface area contributed by atoms with Gasteiger partial charge in [0.25, 0.3) is 0 Å². The Bertz CT molecular complexity index is 589. The largest absolute Gasteiger partial charge is 0.497 e. The normalized spacial score (nSPS) is 12.2. The predicted octanol–water partition coefficient (Wildman–Crippen LogP) is 3.21. The summed E-state index contributed by atoms with van der Waals surface area (Å²) >= 11 is 3.38. The van der Waals surface area contributed by atoms with Gasteiger partial charge in [-0.05, 0) is 48.2 Å². The summed E-state index contributed by atoms with van der Waals surface area (Å²) in [6, 6.07) is 12.7. The lowest BCUT2D eigenvalue weighted by molar-refractivity contribution is 0.414. The molecule has 0 spiro atoms. The van der Waals surface area contributed by atoms with Crippen LogP contribution >= 0.6 is 15.9 Å². The second-order valence-corrected chi connectivity index (χ2v) is 5.71. The Balaban J connectivity index is 2.05. The first-order chi connectivity index (χ1) is 10.1. The van der Waals surface area contributed by atoms with Crippen molar-refractivity contribution in [2.24, 2.45) is 5.84 Å². The van der Waals surface area contributed by atoms with E-state index in [4.69, 9.17) is 10.6 Å². The monoisotopic (exact) mass is 352 g/mol. The third-order valence-electron chi connectivity index (χ3n) is 3.36. The van der Waals surface area contributed by atoms with Crippen LogP contribution in [0.2, 0.25) is 0 Å². The van der Waals surface area contributed by atoms with Gasteiger partial charge in [0.2, 0.25) is 0 Å². The molecule has 0 radical (unpaired) electrons. The summed E-state index contributed by atoms with van der Waals surface area (Å²) in [4.78, 5) is 0. The number of halogens is 2. The molecule has 0 aliphatic carbocycles. The molecule has 112 valence electrons. The number of ether oxygens (including phenoxy) is 1. The average molecular weight is 353 g/mol. The minimum Gasteiger partial charge on any atom is -0.497 e. The molecule has 0 heterocycles. The Hall–Kier alpha value is -1.43. The maximum absolute atomic E-state index is 13.1. The van der Waals surface area contributed by atoms with Crippen molar-refractivity contribution >= 4 is 15.9 Å². The first-order valence-electron chi connectivity index (χ1n) is 6.65. The number of nitrogens with one attached hydrogen (secondary N) is 1. The van der Waals surface area contributed by atoms with Gasteiger partial charge in [0.15, 0.2) is 0 Å². The fourth-order valence-corrected chi connectivity index (χ4v) is 2.70. The molecule has 2 rings (SSSR count). The molecule has 1 unspecified atom stereocenters. The first kappa shape index (κ1) is 15.9. The van der Waals surface area contributed by atoms with Crippen LogP contribution in [-0.2, 0) is 12.8 Å². The maximum atomic E-state index is 13.1. The molecule has 0 aliphatic rings. The Morgan fingerprint density at radius 1 is 1.19 bits per heavy atom. The van der Waals surface area contributed by atoms with E-state index in [0.29, 0.717) is 6.42 Å². The summed E-state index contributed by atoms with van der Waals surface area (Å²) in [7, 11) is 1.64. The van der Waals surface area contributed by atoms with Crippen molar-refractivity contribution in [2.45, 2.75) is 18.9 Å². The standard InChI is InChI=1S/C16H18BrFN2O/c1-21-15-6-2-11(3-7-15)8-14(20-19)9-12-4-5-13(18)10-16(12)17/h2-7,10,14,20H,8-9,19H2,1H3. The van der Waals surface area contributed by atoms with Crippen LogP contribution in [-0.4, -0.2) is 13.2 Å². The Labute approximate surface area is 132 Å². The van der Waals surface area contributed by atoms with Crippen LogP contribution in [0.1, 0.15) is 11.1 Å². The van der Waals surface area contributed by atoms with E-state index in [1.807, 2.05) is 24.3 Å². The van der Waals surface area contributed by atoms with Gasteiger partial charge < -0.3 is 4.74 Å². The average Bonchev–Trinajstić information content (AvgIpc) is 2.49. The van der Waals surface area contributed by atoms with E-state index in [2.05, 4.69) is 21.4 Å². The van der Waals surface area contributed by atoms with Crippen LogP contribution in [0.5, 0.6) is 5.75 Å². The Morgan fingerprint density at radius 2 is 1.90 bits per heavy atom. The minimum atomic E-state index is -0.252. The molecule has 21 heavy (non-hydrogen) atoms. The number of hydrazine groups is 1. The smallest absolute Gasteiger partial charge is 0.124 e. The molecule has 0 bridgehead atoms. The summed E-state index contributed by atoms with van der Waals surface area (Å²) in [6.07, 6.45) is 1.49. The van der Waals surface area contributed by atoms with Crippen LogP contribution in [0, 0.1) is 5.82 Å². The number of methoxy groups -OCH3 is 1. The van der Waals surface area contributed by atoms with E-state index in [9.17, 15) is 4.39 Å². The number of hydrogen-bond acceptors (Lipinski definition) is 3. The van der Waals surface area contributed by atoms with E-state index in [0.717, 1.165) is 27.8 Å². The van der Waals surface area contributed by atoms with Crippen molar-refractivity contribution in [3.05, 3.63) is 63.9 Å². The van der Waals surface area contributed by atoms with Crippen LogP contribution in [0.15, 0.2) is 46.9 Å². The molecule has 3 N–H and O–H groups in total. The lowest BCUT2D eigenvalue weighted by atomic mass is 9.99. The van der Waals surface area contributed by atoms with Gasteiger partial charge in [0, 0.05) is 10.5 Å². The molecule has 3 nitrogen and oxygen atoms in total. The fraction of sp³-hybridized carbons (Fsp3) is 0.250. The number of rotatable bonds is 6. The molecular weight excluding hydrogens is 335 g/mol. The zero-order valence-corrected chi connectivity index (χ0v) is 13.4. The van der Waals surface area contributed by atoms with Gasteiger partial charge in [-0.15, -0.1) is 0 Å². The van der Waals surface area contributed by atoms with Gasteiger partial charge in [-0.1, -0.05) is 34.1 Å². The quantitative estimate of drug-likeness (QED) is 0.619. The first-order valence-corrected chi connectivity index (χ1v) is 7.44. The SMILES string of the molecule is COc1ccc(CC(Cc2ccc(F)cc2Br)NN)cc1. The van der Waals surface area contributed by atoms with Crippen molar-refractivity contribution in [2.75, 3.05) is 7.11 Å². The van der Waals surface area contributed by atoms with Gasteiger partial charge >= 0.3 is 0 Å². The van der Waals surface area contributed by atoms with Crippen molar-refractivity contribution in [3.8, 4) is 5.75 Å². The third kappa shape index (κ3) is 4.52. The lowest BCUT2D eigenvalue weighted by Gasteiger charge is -2.17. The van der Waals surface area contributed by atoms with Crippen molar-refractivity contribution in [3.63, 3.8) is 0 Å². The molecule has 0 amide bonds. The maximum Gasteiger partial charge on any atom is 0.124 e. The van der Waals surface area contributed by atoms with Crippen LogP contribution in [0.4, 0.5) is 4.39 Å². The molecule has 0 fully saturated rings. The molecule has 2 aromatic rings. The molecule has 2 aromatic carbocycles. The number of benzene rings is 2. The van der Waals surface area contributed by atoms with E-state index >= 15 is 0 Å². The second kappa shape index (κ2) is 7.54. The number of hydrogen-bond donors (Lipinski definition) is 2. The van der Waals surface area contributed by atoms with Gasteiger partial charge in [-0.3, -0.25) is 11.3 Å². The summed E-state index contributed by atoms with van der Waals surface area (Å²) in [5, 5.41) is 0. The van der Waals surface area contributed by atoms with E-state index in [1.54, 1.807) is 13.2 Å². The van der Waals surface area contributed by atoms with Crippen LogP contribution in [0.3, 0.4) is 0 Å². The van der Waals surface area contributed by atoms with Gasteiger partial charge in [-0.2, -0.15) is 0 Å². The molecule has 0 aliphatic heterocycles. The molecule has 5 heteroatoms. The highest BCUT2D eigenvalue weighted by atomic mass is 79.9. The summed E-state index contributed by atoms with van der Waals surface area (Å²) in [5.74, 6) is 6.22. The molecule has 1 atom stereocenters. The zero-order valence-electron chi connectivity index (χ0n) is 11.8. The summed E-state index contributed by atoms with van der Waals surface area (Å²) in [6.45, 7) is 0. The topological polar surface area (TPSA) is 47.3 Å². The summed E-state index contributed by atoms with van der Waals surface area (Å²) < 4.78 is 19.0. The van der Waals surface area contributed by atoms with E-state index in [1.165, 1.54) is 12.1 Å². The van der Waals surface area contributed by atoms with E-state index < -0.39 is 0 Å². The molecular formula is C16H18BrFN2O. The van der Waals surface area contributed by atoms with Crippen molar-refractivity contribution < 1.29 is 9.13 Å². The summed E-state index contributed by atoms with van der Waals surface area (Å²) in [5.41, 5.74) is 5.01. The molecule has 0 saturated carbocycles. The minimum absolute atomic E-state index is 0.0696. The number of nitrogens with two attached hydrogens (primary N) is 1. The molecule has 0 saturated heterocycles. The highest BCUT2D eigenvalue weighted by Crippen LogP contribution is 2.21. The van der Waals surface area contributed by atoms with Crippen LogP contribution < -0.4 is 16.0 Å². The Morgan fingerprint density at radius 3 is 2.48 bits per heavy atom. The highest BCUT2D eigenvalue weighted by Gasteiger charge is 2.11. The highest BCUT2D eigenvalue weighted by molar-refractivity contribution is 9.10. The van der Waals surface area contributed by atoms with Crippen LogP contribution in [0.25, 0.3) is 0 Å². The van der Waals surface area contributed by atoms with Crippen molar-refractivity contribution in [1.82, 2.24) is 5.43 Å². The van der Waals surface area contributed by atoms with Gasteiger partial charge in [0.05, 0.1) is 7.11 Å². The third-order valence-corrected chi connectivity index (χ3v) is 4.10. The predicted molar refractivity (Wildman–Crippen MR) is 85.6 cm³/mol. The zero-order chi connectivity index (χ0) is 15.2. The molecule has 0 aromatic heterocycles. The van der Waals surface area contributed by atoms with Crippen molar-refractivity contribution in [1.29, 1.82) is 0 Å². The fourth-order valence-electron chi connectivity index (χ4n) is 2.19.